The van der Waals surface area contributed by atoms with E-state index in [0.717, 1.165) is 10.5 Å². The minimum Gasteiger partial charge on any atom is -0.305 e. The number of hydrogen-bond donors (Lipinski definition) is 1. The van der Waals surface area contributed by atoms with Gasteiger partial charge in [-0.15, -0.1) is 0 Å². The zero-order valence-corrected chi connectivity index (χ0v) is 11.9. The molecule has 19 heavy (non-hydrogen) atoms. The lowest BCUT2D eigenvalue weighted by Gasteiger charge is -2.18. The van der Waals surface area contributed by atoms with Gasteiger partial charge in [0.05, 0.1) is 11.7 Å². The van der Waals surface area contributed by atoms with Gasteiger partial charge < -0.3 is 5.32 Å². The Bertz CT molecular complexity index is 558. The van der Waals surface area contributed by atoms with E-state index in [1.54, 1.807) is 12.3 Å². The third kappa shape index (κ3) is 3.36. The van der Waals surface area contributed by atoms with Crippen molar-refractivity contribution < 1.29 is 8.78 Å². The molecule has 1 atom stereocenters. The Hall–Kier alpha value is -1.33. The molecule has 2 rings (SSSR count). The monoisotopic (exact) mass is 326 g/mol. The van der Waals surface area contributed by atoms with E-state index in [2.05, 4.69) is 26.2 Å². The average molecular weight is 327 g/mol. The number of aromatic nitrogens is 1. The van der Waals surface area contributed by atoms with Crippen LogP contribution in [0.5, 0.6) is 0 Å². The molecule has 0 saturated heterocycles. The molecule has 0 amide bonds. The van der Waals surface area contributed by atoms with E-state index in [9.17, 15) is 8.78 Å². The highest BCUT2D eigenvalue weighted by Crippen LogP contribution is 2.24. The zero-order valence-electron chi connectivity index (χ0n) is 10.3. The van der Waals surface area contributed by atoms with Crippen LogP contribution in [-0.2, 0) is 0 Å². The van der Waals surface area contributed by atoms with Crippen LogP contribution in [0, 0.1) is 11.6 Å². The fourth-order valence-corrected chi connectivity index (χ4v) is 2.11. The zero-order chi connectivity index (χ0) is 13.8. The van der Waals surface area contributed by atoms with E-state index in [4.69, 9.17) is 0 Å². The number of pyridine rings is 1. The summed E-state index contributed by atoms with van der Waals surface area (Å²) in [7, 11) is 0. The van der Waals surface area contributed by atoms with Gasteiger partial charge in [0.1, 0.15) is 11.6 Å². The van der Waals surface area contributed by atoms with E-state index in [0.29, 0.717) is 17.8 Å². The predicted molar refractivity (Wildman–Crippen MR) is 73.8 cm³/mol. The fraction of sp³-hybridized carbons (Fsp3) is 0.214. The first-order valence-corrected chi connectivity index (χ1v) is 6.71. The summed E-state index contributed by atoms with van der Waals surface area (Å²) in [6, 6.07) is 6.84. The normalized spacial score (nSPS) is 12.4. The lowest BCUT2D eigenvalue weighted by Crippen LogP contribution is -2.24. The molecule has 0 saturated carbocycles. The highest BCUT2D eigenvalue weighted by atomic mass is 79.9. The van der Waals surface area contributed by atoms with Crippen LogP contribution < -0.4 is 5.32 Å². The van der Waals surface area contributed by atoms with Crippen molar-refractivity contribution in [2.75, 3.05) is 6.54 Å². The SMILES string of the molecule is CCNC(c1ccc(Br)cn1)c1ccc(F)cc1F. The molecular weight excluding hydrogens is 314 g/mol. The fourth-order valence-electron chi connectivity index (χ4n) is 1.87. The second-order valence-electron chi connectivity index (χ2n) is 4.06. The molecule has 1 aromatic heterocycles. The largest absolute Gasteiger partial charge is 0.305 e. The number of hydrogen-bond acceptors (Lipinski definition) is 2. The van der Waals surface area contributed by atoms with Crippen LogP contribution >= 0.6 is 15.9 Å². The molecule has 1 aromatic carbocycles. The first kappa shape index (κ1) is 14.1. The Morgan fingerprint density at radius 3 is 2.63 bits per heavy atom. The third-order valence-corrected chi connectivity index (χ3v) is 3.20. The van der Waals surface area contributed by atoms with Gasteiger partial charge in [0.2, 0.25) is 0 Å². The van der Waals surface area contributed by atoms with Gasteiger partial charge in [-0.3, -0.25) is 4.98 Å². The Balaban J connectivity index is 2.41. The average Bonchev–Trinajstić information content (AvgIpc) is 2.38. The Labute approximate surface area is 119 Å². The van der Waals surface area contributed by atoms with E-state index in [1.807, 2.05) is 13.0 Å². The van der Waals surface area contributed by atoms with Crippen molar-refractivity contribution in [3.8, 4) is 0 Å². The molecule has 100 valence electrons. The van der Waals surface area contributed by atoms with Gasteiger partial charge in [0, 0.05) is 22.3 Å². The van der Waals surface area contributed by atoms with Crippen molar-refractivity contribution in [2.24, 2.45) is 0 Å². The van der Waals surface area contributed by atoms with E-state index < -0.39 is 17.7 Å². The van der Waals surface area contributed by atoms with Crippen LogP contribution in [0.3, 0.4) is 0 Å². The van der Waals surface area contributed by atoms with Crippen LogP contribution in [0.25, 0.3) is 0 Å². The maximum absolute atomic E-state index is 13.9. The molecular formula is C14H13BrF2N2. The first-order chi connectivity index (χ1) is 9.11. The topological polar surface area (TPSA) is 24.9 Å². The molecule has 2 aromatic rings. The summed E-state index contributed by atoms with van der Waals surface area (Å²) in [5.74, 6) is -1.16. The minimum atomic E-state index is -0.583. The quantitative estimate of drug-likeness (QED) is 0.923. The molecule has 0 radical (unpaired) electrons. The van der Waals surface area contributed by atoms with Gasteiger partial charge in [-0.1, -0.05) is 13.0 Å². The van der Waals surface area contributed by atoms with Gasteiger partial charge in [-0.2, -0.15) is 0 Å². The lowest BCUT2D eigenvalue weighted by molar-refractivity contribution is 0.536. The summed E-state index contributed by atoms with van der Waals surface area (Å²) < 4.78 is 27.7. The summed E-state index contributed by atoms with van der Waals surface area (Å²) in [5.41, 5.74) is 1.08. The molecule has 0 fully saturated rings. The Kier molecular flexibility index (Phi) is 4.61. The molecule has 1 unspecified atom stereocenters. The molecule has 0 aliphatic carbocycles. The van der Waals surface area contributed by atoms with Crippen molar-refractivity contribution in [1.29, 1.82) is 0 Å². The molecule has 2 nitrogen and oxygen atoms in total. The van der Waals surface area contributed by atoms with Crippen LogP contribution in [0.4, 0.5) is 8.78 Å². The van der Waals surface area contributed by atoms with Crippen molar-refractivity contribution in [3.63, 3.8) is 0 Å². The number of halogens is 3. The maximum Gasteiger partial charge on any atom is 0.131 e. The first-order valence-electron chi connectivity index (χ1n) is 5.91. The number of nitrogens with zero attached hydrogens (tertiary/aromatic N) is 1. The molecule has 1 N–H and O–H groups in total. The molecule has 5 heteroatoms. The van der Waals surface area contributed by atoms with Crippen molar-refractivity contribution in [1.82, 2.24) is 10.3 Å². The highest BCUT2D eigenvalue weighted by Gasteiger charge is 2.18. The third-order valence-electron chi connectivity index (χ3n) is 2.73. The minimum absolute atomic E-state index is 0.387. The number of nitrogens with one attached hydrogen (secondary N) is 1. The highest BCUT2D eigenvalue weighted by molar-refractivity contribution is 9.10. The number of rotatable bonds is 4. The second-order valence-corrected chi connectivity index (χ2v) is 4.97. The summed E-state index contributed by atoms with van der Waals surface area (Å²) in [6.07, 6.45) is 1.65. The number of benzene rings is 1. The van der Waals surface area contributed by atoms with Crippen molar-refractivity contribution in [2.45, 2.75) is 13.0 Å². The molecule has 0 aliphatic rings. The van der Waals surface area contributed by atoms with Crippen molar-refractivity contribution >= 4 is 15.9 Å². The van der Waals surface area contributed by atoms with Gasteiger partial charge in [-0.05, 0) is 40.7 Å². The van der Waals surface area contributed by atoms with Gasteiger partial charge >= 0.3 is 0 Å². The van der Waals surface area contributed by atoms with Gasteiger partial charge in [-0.25, -0.2) is 8.78 Å². The van der Waals surface area contributed by atoms with Crippen LogP contribution in [-0.4, -0.2) is 11.5 Å². The standard InChI is InChI=1S/C14H13BrF2N2/c1-2-18-14(13-6-3-9(15)8-19-13)11-5-4-10(16)7-12(11)17/h3-8,14,18H,2H2,1H3. The lowest BCUT2D eigenvalue weighted by atomic mass is 10.0. The Morgan fingerprint density at radius 1 is 1.26 bits per heavy atom. The summed E-state index contributed by atoms with van der Waals surface area (Å²) in [5, 5.41) is 3.15. The maximum atomic E-state index is 13.9. The van der Waals surface area contributed by atoms with Crippen molar-refractivity contribution in [3.05, 3.63) is 63.9 Å². The second kappa shape index (κ2) is 6.21. The van der Waals surface area contributed by atoms with Crippen LogP contribution in [0.15, 0.2) is 41.0 Å². The molecule has 0 aliphatic heterocycles. The molecule has 0 spiro atoms. The Morgan fingerprint density at radius 2 is 2.05 bits per heavy atom. The molecule has 0 bridgehead atoms. The van der Waals surface area contributed by atoms with E-state index in [-0.39, 0.29) is 0 Å². The summed E-state index contributed by atoms with van der Waals surface area (Å²) >= 11 is 3.31. The van der Waals surface area contributed by atoms with Crippen LogP contribution in [0.1, 0.15) is 24.2 Å². The summed E-state index contributed by atoms with van der Waals surface area (Å²) in [6.45, 7) is 2.58. The summed E-state index contributed by atoms with van der Waals surface area (Å²) in [4.78, 5) is 4.27. The predicted octanol–water partition coefficient (Wildman–Crippen LogP) is 3.82. The van der Waals surface area contributed by atoms with Crippen LogP contribution in [0.2, 0.25) is 0 Å². The molecule has 1 heterocycles. The van der Waals surface area contributed by atoms with Gasteiger partial charge in [0.15, 0.2) is 0 Å². The smallest absolute Gasteiger partial charge is 0.131 e. The van der Waals surface area contributed by atoms with Gasteiger partial charge in [0.25, 0.3) is 0 Å². The van der Waals surface area contributed by atoms with E-state index in [1.165, 1.54) is 12.1 Å². The van der Waals surface area contributed by atoms with E-state index >= 15 is 0 Å².